The molecule has 30 heavy (non-hydrogen) atoms. The Hall–Kier alpha value is -3.23. The van der Waals surface area contributed by atoms with Crippen molar-refractivity contribution in [3.8, 4) is 11.5 Å². The third-order valence-corrected chi connectivity index (χ3v) is 5.34. The molecule has 2 aromatic carbocycles. The number of alkyl halides is 3. The second-order valence-electron chi connectivity index (χ2n) is 7.49. The molecule has 2 heterocycles. The standard InChI is InChI=1S/C21H20F3N3O3/c1-27-7-6-13(9-19(27)28)20(29)25-11-12-2-4-15-17(8-12)30-18-10-14(21(22,23)24)3-5-16(18)26-15/h2-5,8,10,13,26H,6-7,9,11H2,1H3,(H,25,29). The molecule has 9 heteroatoms. The number of ether oxygens (including phenoxy) is 1. The van der Waals surface area contributed by atoms with Crippen LogP contribution in [0.25, 0.3) is 0 Å². The smallest absolute Gasteiger partial charge is 0.416 e. The highest BCUT2D eigenvalue weighted by atomic mass is 19.4. The van der Waals surface area contributed by atoms with E-state index in [0.717, 1.165) is 17.7 Å². The average Bonchev–Trinajstić information content (AvgIpc) is 2.71. The topological polar surface area (TPSA) is 70.7 Å². The van der Waals surface area contributed by atoms with Gasteiger partial charge in [0.15, 0.2) is 11.5 Å². The number of nitrogens with zero attached hydrogens (tertiary/aromatic N) is 1. The fourth-order valence-corrected chi connectivity index (χ4v) is 3.51. The number of halogens is 3. The molecule has 1 saturated heterocycles. The van der Waals surface area contributed by atoms with Gasteiger partial charge in [-0.1, -0.05) is 6.07 Å². The minimum absolute atomic E-state index is 0.0495. The molecular weight excluding hydrogens is 399 g/mol. The number of piperidine rings is 1. The minimum atomic E-state index is -4.46. The van der Waals surface area contributed by atoms with Gasteiger partial charge in [0.05, 0.1) is 16.9 Å². The average molecular weight is 419 g/mol. The fraction of sp³-hybridized carbons (Fsp3) is 0.333. The van der Waals surface area contributed by atoms with Crippen LogP contribution >= 0.6 is 0 Å². The van der Waals surface area contributed by atoms with E-state index >= 15 is 0 Å². The molecule has 4 rings (SSSR count). The van der Waals surface area contributed by atoms with Crippen LogP contribution in [0, 0.1) is 5.92 Å². The lowest BCUT2D eigenvalue weighted by molar-refractivity contribution is -0.139. The Labute approximate surface area is 171 Å². The Morgan fingerprint density at radius 3 is 2.60 bits per heavy atom. The second kappa shape index (κ2) is 7.55. The summed E-state index contributed by atoms with van der Waals surface area (Å²) in [5.41, 5.74) is 1.02. The Kier molecular flexibility index (Phi) is 5.05. The van der Waals surface area contributed by atoms with Crippen LogP contribution in [0.15, 0.2) is 36.4 Å². The van der Waals surface area contributed by atoms with E-state index in [1.165, 1.54) is 6.07 Å². The zero-order valence-electron chi connectivity index (χ0n) is 16.2. The van der Waals surface area contributed by atoms with Gasteiger partial charge in [0, 0.05) is 32.5 Å². The van der Waals surface area contributed by atoms with Crippen LogP contribution in [0.5, 0.6) is 11.5 Å². The zero-order valence-corrected chi connectivity index (χ0v) is 16.2. The molecule has 1 fully saturated rings. The van der Waals surface area contributed by atoms with Crippen molar-refractivity contribution >= 4 is 23.2 Å². The number of likely N-dealkylation sites (tertiary alicyclic amines) is 1. The first kappa shape index (κ1) is 20.1. The summed E-state index contributed by atoms with van der Waals surface area (Å²) in [5, 5.41) is 5.87. The number of hydrogen-bond donors (Lipinski definition) is 2. The first-order valence-corrected chi connectivity index (χ1v) is 9.51. The zero-order chi connectivity index (χ0) is 21.5. The third kappa shape index (κ3) is 4.05. The van der Waals surface area contributed by atoms with Crippen molar-refractivity contribution in [3.63, 3.8) is 0 Å². The molecule has 2 N–H and O–H groups in total. The molecular formula is C21H20F3N3O3. The lowest BCUT2D eigenvalue weighted by Gasteiger charge is -2.28. The molecule has 2 aromatic rings. The number of benzene rings is 2. The quantitative estimate of drug-likeness (QED) is 0.672. The van der Waals surface area contributed by atoms with E-state index in [1.54, 1.807) is 30.1 Å². The van der Waals surface area contributed by atoms with Gasteiger partial charge in [-0.3, -0.25) is 9.59 Å². The molecule has 6 nitrogen and oxygen atoms in total. The highest BCUT2D eigenvalue weighted by Gasteiger charge is 2.32. The van der Waals surface area contributed by atoms with Crippen LogP contribution in [0.2, 0.25) is 0 Å². The molecule has 0 aromatic heterocycles. The molecule has 1 unspecified atom stereocenters. The van der Waals surface area contributed by atoms with Crippen molar-refractivity contribution in [2.75, 3.05) is 18.9 Å². The molecule has 0 aliphatic carbocycles. The number of nitrogens with one attached hydrogen (secondary N) is 2. The van der Waals surface area contributed by atoms with E-state index in [-0.39, 0.29) is 36.4 Å². The highest BCUT2D eigenvalue weighted by molar-refractivity contribution is 5.86. The van der Waals surface area contributed by atoms with Crippen molar-refractivity contribution in [2.45, 2.75) is 25.6 Å². The van der Waals surface area contributed by atoms with Crippen molar-refractivity contribution in [1.82, 2.24) is 10.2 Å². The summed E-state index contributed by atoms with van der Waals surface area (Å²) < 4.78 is 44.5. The summed E-state index contributed by atoms with van der Waals surface area (Å²) in [6.07, 6.45) is -3.65. The Morgan fingerprint density at radius 2 is 1.90 bits per heavy atom. The maximum absolute atomic E-state index is 13.0. The van der Waals surface area contributed by atoms with Crippen LogP contribution in [0.3, 0.4) is 0 Å². The molecule has 2 amide bonds. The van der Waals surface area contributed by atoms with Gasteiger partial charge in [-0.15, -0.1) is 0 Å². The van der Waals surface area contributed by atoms with Crippen molar-refractivity contribution < 1.29 is 27.5 Å². The SMILES string of the molecule is CN1CCC(C(=O)NCc2ccc3c(c2)Oc2cc(C(F)(F)F)ccc2N3)CC1=O. The summed E-state index contributed by atoms with van der Waals surface area (Å²) >= 11 is 0. The van der Waals surface area contributed by atoms with E-state index in [9.17, 15) is 22.8 Å². The maximum atomic E-state index is 13.0. The number of carbonyl (C=O) groups excluding carboxylic acids is 2. The summed E-state index contributed by atoms with van der Waals surface area (Å²) in [5.74, 6) is -0.122. The molecule has 2 aliphatic rings. The summed E-state index contributed by atoms with van der Waals surface area (Å²) in [4.78, 5) is 25.8. The molecule has 158 valence electrons. The number of hydrogen-bond acceptors (Lipinski definition) is 4. The molecule has 2 aliphatic heterocycles. The van der Waals surface area contributed by atoms with Crippen molar-refractivity contribution in [1.29, 1.82) is 0 Å². The highest BCUT2D eigenvalue weighted by Crippen LogP contribution is 2.44. The largest absolute Gasteiger partial charge is 0.453 e. The molecule has 1 atom stereocenters. The number of fused-ring (bicyclic) bond motifs is 2. The lowest BCUT2D eigenvalue weighted by atomic mass is 9.95. The number of rotatable bonds is 3. The van der Waals surface area contributed by atoms with E-state index < -0.39 is 11.7 Å². The van der Waals surface area contributed by atoms with Crippen LogP contribution < -0.4 is 15.4 Å². The summed E-state index contributed by atoms with van der Waals surface area (Å²) in [7, 11) is 1.72. The van der Waals surface area contributed by atoms with Crippen LogP contribution in [-0.4, -0.2) is 30.3 Å². The van der Waals surface area contributed by atoms with E-state index in [0.29, 0.717) is 30.1 Å². The van der Waals surface area contributed by atoms with Gasteiger partial charge in [-0.05, 0) is 42.3 Å². The Morgan fingerprint density at radius 1 is 1.20 bits per heavy atom. The Bertz CT molecular complexity index is 1010. The first-order valence-electron chi connectivity index (χ1n) is 9.51. The summed E-state index contributed by atoms with van der Waals surface area (Å²) in [6.45, 7) is 0.778. The van der Waals surface area contributed by atoms with Crippen LogP contribution in [0.1, 0.15) is 24.0 Å². The maximum Gasteiger partial charge on any atom is 0.416 e. The molecule has 0 radical (unpaired) electrons. The van der Waals surface area contributed by atoms with Gasteiger partial charge < -0.3 is 20.3 Å². The fourth-order valence-electron chi connectivity index (χ4n) is 3.51. The van der Waals surface area contributed by atoms with E-state index in [4.69, 9.17) is 4.74 Å². The van der Waals surface area contributed by atoms with Crippen molar-refractivity contribution in [3.05, 3.63) is 47.5 Å². The monoisotopic (exact) mass is 419 g/mol. The third-order valence-electron chi connectivity index (χ3n) is 5.34. The van der Waals surface area contributed by atoms with E-state index in [2.05, 4.69) is 10.6 Å². The van der Waals surface area contributed by atoms with Crippen molar-refractivity contribution in [2.24, 2.45) is 5.92 Å². The number of amides is 2. The van der Waals surface area contributed by atoms with Gasteiger partial charge in [0.1, 0.15) is 0 Å². The van der Waals surface area contributed by atoms with Crippen LogP contribution in [-0.2, 0) is 22.3 Å². The molecule has 0 saturated carbocycles. The minimum Gasteiger partial charge on any atom is -0.453 e. The van der Waals surface area contributed by atoms with Gasteiger partial charge in [0.2, 0.25) is 11.8 Å². The normalized spacial score (nSPS) is 18.1. The predicted octanol–water partition coefficient (Wildman–Crippen LogP) is 4.04. The van der Waals surface area contributed by atoms with Gasteiger partial charge in [-0.2, -0.15) is 13.2 Å². The Balaban J connectivity index is 1.43. The van der Waals surface area contributed by atoms with Gasteiger partial charge >= 0.3 is 6.18 Å². The molecule has 0 bridgehead atoms. The second-order valence-corrected chi connectivity index (χ2v) is 7.49. The number of carbonyl (C=O) groups is 2. The molecule has 0 spiro atoms. The van der Waals surface area contributed by atoms with Gasteiger partial charge in [0.25, 0.3) is 0 Å². The first-order chi connectivity index (χ1) is 14.2. The lowest BCUT2D eigenvalue weighted by Crippen LogP contribution is -2.41. The van der Waals surface area contributed by atoms with Crippen LogP contribution in [0.4, 0.5) is 24.5 Å². The van der Waals surface area contributed by atoms with Gasteiger partial charge in [-0.25, -0.2) is 0 Å². The summed E-state index contributed by atoms with van der Waals surface area (Å²) in [6, 6.07) is 8.50. The number of anilines is 2. The predicted molar refractivity (Wildman–Crippen MR) is 103 cm³/mol. The van der Waals surface area contributed by atoms with E-state index in [1.807, 2.05) is 0 Å².